The first kappa shape index (κ1) is 27.5. The van der Waals surface area contributed by atoms with Crippen molar-refractivity contribution in [1.82, 2.24) is 14.9 Å². The minimum atomic E-state index is 0.0354. The molecular formula is C32H41N3O3S. The van der Waals surface area contributed by atoms with Crippen LogP contribution in [0, 0.1) is 12.8 Å². The van der Waals surface area contributed by atoms with E-state index in [1.165, 1.54) is 63.4 Å². The van der Waals surface area contributed by atoms with E-state index in [2.05, 4.69) is 28.3 Å². The molecule has 208 valence electrons. The first-order valence-corrected chi connectivity index (χ1v) is 15.4. The van der Waals surface area contributed by atoms with Crippen molar-refractivity contribution in [2.24, 2.45) is 5.92 Å². The zero-order valence-electron chi connectivity index (χ0n) is 23.3. The van der Waals surface area contributed by atoms with Crippen LogP contribution >= 0.6 is 11.3 Å². The van der Waals surface area contributed by atoms with Gasteiger partial charge in [0, 0.05) is 24.2 Å². The second-order valence-corrected chi connectivity index (χ2v) is 11.8. The van der Waals surface area contributed by atoms with E-state index < -0.39 is 0 Å². The van der Waals surface area contributed by atoms with E-state index in [-0.39, 0.29) is 5.91 Å². The number of benzene rings is 1. The van der Waals surface area contributed by atoms with Crippen molar-refractivity contribution in [3.05, 3.63) is 63.6 Å². The molecule has 1 aromatic carbocycles. The van der Waals surface area contributed by atoms with Crippen molar-refractivity contribution in [2.75, 3.05) is 13.7 Å². The maximum atomic E-state index is 13.3. The third-order valence-corrected chi connectivity index (χ3v) is 8.99. The summed E-state index contributed by atoms with van der Waals surface area (Å²) >= 11 is 1.59. The molecule has 1 amide bonds. The van der Waals surface area contributed by atoms with E-state index in [0.29, 0.717) is 12.5 Å². The van der Waals surface area contributed by atoms with Crippen LogP contribution < -0.4 is 14.8 Å². The Bertz CT molecular complexity index is 1270. The normalized spacial score (nSPS) is 16.1. The topological polar surface area (TPSA) is 65.4 Å². The molecule has 0 atom stereocenters. The summed E-state index contributed by atoms with van der Waals surface area (Å²) in [6.07, 6.45) is 14.7. The van der Waals surface area contributed by atoms with Gasteiger partial charge in [-0.1, -0.05) is 30.9 Å². The lowest BCUT2D eigenvalue weighted by molar-refractivity contribution is 0.0943. The maximum absolute atomic E-state index is 13.3. The first-order valence-electron chi connectivity index (χ1n) is 14.5. The van der Waals surface area contributed by atoms with Crippen LogP contribution in [0.1, 0.15) is 85.3 Å². The Hall–Kier alpha value is -3.06. The van der Waals surface area contributed by atoms with Crippen molar-refractivity contribution in [2.45, 2.75) is 84.3 Å². The van der Waals surface area contributed by atoms with E-state index in [4.69, 9.17) is 14.5 Å². The quantitative estimate of drug-likeness (QED) is 0.250. The van der Waals surface area contributed by atoms with Gasteiger partial charge in [-0.25, -0.2) is 4.98 Å². The predicted molar refractivity (Wildman–Crippen MR) is 158 cm³/mol. The predicted octanol–water partition coefficient (Wildman–Crippen LogP) is 7.71. The molecule has 2 aliphatic rings. The summed E-state index contributed by atoms with van der Waals surface area (Å²) in [6, 6.07) is 9.63. The van der Waals surface area contributed by atoms with Gasteiger partial charge in [0.2, 0.25) is 0 Å². The highest BCUT2D eigenvalue weighted by molar-refractivity contribution is 7.09. The molecular weight excluding hydrogens is 506 g/mol. The fraction of sp³-hybridized carbons (Fsp3) is 0.500. The number of carbonyl (C=O) groups excluding carboxylic acids is 1. The number of nitrogens with zero attached hydrogens (tertiary/aromatic N) is 2. The average Bonchev–Trinajstić information content (AvgIpc) is 3.59. The van der Waals surface area contributed by atoms with E-state index in [0.717, 1.165) is 58.7 Å². The van der Waals surface area contributed by atoms with Gasteiger partial charge < -0.3 is 19.4 Å². The van der Waals surface area contributed by atoms with Crippen LogP contribution in [0.15, 0.2) is 47.4 Å². The van der Waals surface area contributed by atoms with Gasteiger partial charge in [0.25, 0.3) is 5.91 Å². The molecule has 6 nitrogen and oxygen atoms in total. The summed E-state index contributed by atoms with van der Waals surface area (Å²) < 4.78 is 13.5. The smallest absolute Gasteiger partial charge is 0.253 e. The number of allylic oxidation sites excluding steroid dienone is 2. The van der Waals surface area contributed by atoms with Gasteiger partial charge in [-0.15, -0.1) is 11.3 Å². The van der Waals surface area contributed by atoms with E-state index >= 15 is 0 Å². The molecule has 39 heavy (non-hydrogen) atoms. The number of methoxy groups -OCH3 is 1. The molecule has 1 fully saturated rings. The van der Waals surface area contributed by atoms with Crippen molar-refractivity contribution in [3.63, 3.8) is 0 Å². The standard InChI is InChI=1S/C32H41N3O3S/c1-23-28(32(36)33-20-25-11-7-4-8-12-25)19-30(35(23)18-17-24-9-5-3-6-10-24)29-22-39-31(34-29)21-38-27-15-13-26(37-2)14-16-27/h9,13-16,19,22,25H,3-8,10-12,17-18,20-21H2,1-2H3,(H,33,36). The summed E-state index contributed by atoms with van der Waals surface area (Å²) in [5.41, 5.74) is 5.24. The van der Waals surface area contributed by atoms with Crippen LogP contribution in [-0.2, 0) is 13.2 Å². The third-order valence-electron chi connectivity index (χ3n) is 8.16. The number of hydrogen-bond acceptors (Lipinski definition) is 5. The minimum Gasteiger partial charge on any atom is -0.497 e. The zero-order valence-corrected chi connectivity index (χ0v) is 24.2. The highest BCUT2D eigenvalue weighted by atomic mass is 32.1. The highest BCUT2D eigenvalue weighted by Crippen LogP contribution is 2.30. The number of rotatable bonds is 11. The fourth-order valence-electron chi connectivity index (χ4n) is 5.80. The molecule has 0 spiro atoms. The molecule has 7 heteroatoms. The summed E-state index contributed by atoms with van der Waals surface area (Å²) in [5, 5.41) is 6.24. The van der Waals surface area contributed by atoms with Gasteiger partial charge >= 0.3 is 0 Å². The summed E-state index contributed by atoms with van der Waals surface area (Å²) in [7, 11) is 1.66. The number of thiazole rings is 1. The van der Waals surface area contributed by atoms with Gasteiger partial charge in [0.1, 0.15) is 23.1 Å². The van der Waals surface area contributed by atoms with Crippen molar-refractivity contribution >= 4 is 17.2 Å². The molecule has 0 unspecified atom stereocenters. The molecule has 2 heterocycles. The van der Waals surface area contributed by atoms with E-state index in [9.17, 15) is 4.79 Å². The number of aromatic nitrogens is 2. The Morgan fingerprint density at radius 1 is 1.10 bits per heavy atom. The van der Waals surface area contributed by atoms with E-state index in [1.807, 2.05) is 30.3 Å². The molecule has 2 aromatic heterocycles. The molecule has 0 saturated heterocycles. The SMILES string of the molecule is COc1ccc(OCc2nc(-c3cc(C(=O)NCC4CCCCC4)c(C)n3CCC3=CCCCC3)cs2)cc1. The second-order valence-electron chi connectivity index (χ2n) is 10.8. The number of amides is 1. The minimum absolute atomic E-state index is 0.0354. The molecule has 0 bridgehead atoms. The molecule has 2 aliphatic carbocycles. The number of nitrogens with one attached hydrogen (secondary N) is 1. The Morgan fingerprint density at radius 2 is 1.90 bits per heavy atom. The van der Waals surface area contributed by atoms with Crippen LogP contribution in [0.2, 0.25) is 0 Å². The Balaban J connectivity index is 1.32. The molecule has 1 N–H and O–H groups in total. The van der Waals surface area contributed by atoms with Crippen LogP contribution in [-0.4, -0.2) is 29.1 Å². The summed E-state index contributed by atoms with van der Waals surface area (Å²) in [6.45, 7) is 4.11. The molecule has 0 radical (unpaired) electrons. The molecule has 3 aromatic rings. The first-order chi connectivity index (χ1) is 19.1. The second kappa shape index (κ2) is 13.3. The lowest BCUT2D eigenvalue weighted by Gasteiger charge is -2.21. The Labute approximate surface area is 236 Å². The molecule has 1 saturated carbocycles. The van der Waals surface area contributed by atoms with Crippen molar-refractivity contribution in [1.29, 1.82) is 0 Å². The number of hydrogen-bond donors (Lipinski definition) is 1. The zero-order chi connectivity index (χ0) is 27.0. The molecule has 0 aliphatic heterocycles. The lowest BCUT2D eigenvalue weighted by atomic mass is 9.89. The molecule has 5 rings (SSSR count). The van der Waals surface area contributed by atoms with Crippen molar-refractivity contribution in [3.8, 4) is 22.9 Å². The van der Waals surface area contributed by atoms with Crippen LogP contribution in [0.25, 0.3) is 11.4 Å². The number of ether oxygens (including phenoxy) is 2. The maximum Gasteiger partial charge on any atom is 0.253 e. The van der Waals surface area contributed by atoms with Gasteiger partial charge in [-0.05, 0) is 88.1 Å². The van der Waals surface area contributed by atoms with Gasteiger partial charge in [-0.3, -0.25) is 4.79 Å². The van der Waals surface area contributed by atoms with Crippen LogP contribution in [0.4, 0.5) is 0 Å². The van der Waals surface area contributed by atoms with Gasteiger partial charge in [0.15, 0.2) is 0 Å². The highest BCUT2D eigenvalue weighted by Gasteiger charge is 2.22. The third kappa shape index (κ3) is 7.13. The summed E-state index contributed by atoms with van der Waals surface area (Å²) in [5.74, 6) is 2.23. The van der Waals surface area contributed by atoms with Gasteiger partial charge in [-0.2, -0.15) is 0 Å². The summed E-state index contributed by atoms with van der Waals surface area (Å²) in [4.78, 5) is 18.3. The Kier molecular flexibility index (Phi) is 9.40. The lowest BCUT2D eigenvalue weighted by Crippen LogP contribution is -2.30. The van der Waals surface area contributed by atoms with Crippen molar-refractivity contribution < 1.29 is 14.3 Å². The van der Waals surface area contributed by atoms with E-state index in [1.54, 1.807) is 18.4 Å². The van der Waals surface area contributed by atoms with Crippen LogP contribution in [0.5, 0.6) is 11.5 Å². The van der Waals surface area contributed by atoms with Crippen LogP contribution in [0.3, 0.4) is 0 Å². The van der Waals surface area contributed by atoms with Gasteiger partial charge in [0.05, 0.1) is 24.1 Å². The fourth-order valence-corrected chi connectivity index (χ4v) is 6.50. The largest absolute Gasteiger partial charge is 0.497 e. The monoisotopic (exact) mass is 547 g/mol. The average molecular weight is 548 g/mol. The number of carbonyl (C=O) groups is 1. The Morgan fingerprint density at radius 3 is 2.64 bits per heavy atom.